The van der Waals surface area contributed by atoms with E-state index < -0.39 is 10.0 Å². The molecular formula is C23H25ClN2O4S. The van der Waals surface area contributed by atoms with E-state index in [4.69, 9.17) is 16.3 Å². The first-order chi connectivity index (χ1) is 14.7. The Labute approximate surface area is 186 Å². The number of aromatic nitrogens is 1. The van der Waals surface area contributed by atoms with Gasteiger partial charge in [-0.1, -0.05) is 17.7 Å². The van der Waals surface area contributed by atoms with Gasteiger partial charge < -0.3 is 9.72 Å². The highest BCUT2D eigenvalue weighted by Gasteiger charge is 2.30. The zero-order valence-corrected chi connectivity index (χ0v) is 19.1. The molecular weight excluding hydrogens is 436 g/mol. The third-order valence-electron chi connectivity index (χ3n) is 5.62. The van der Waals surface area contributed by atoms with Crippen LogP contribution in [0.3, 0.4) is 0 Å². The van der Waals surface area contributed by atoms with Gasteiger partial charge in [-0.3, -0.25) is 4.79 Å². The molecule has 1 atom stereocenters. The van der Waals surface area contributed by atoms with Gasteiger partial charge in [-0.15, -0.1) is 0 Å². The Balaban J connectivity index is 1.74. The van der Waals surface area contributed by atoms with E-state index >= 15 is 0 Å². The number of aromatic amines is 1. The van der Waals surface area contributed by atoms with E-state index in [1.807, 2.05) is 26.0 Å². The van der Waals surface area contributed by atoms with Crippen LogP contribution in [-0.4, -0.2) is 37.0 Å². The lowest BCUT2D eigenvalue weighted by molar-refractivity contribution is 0.0925. The maximum absolute atomic E-state index is 13.4. The molecule has 0 spiro atoms. The molecule has 1 aliphatic rings. The van der Waals surface area contributed by atoms with Crippen molar-refractivity contribution in [3.05, 3.63) is 74.5 Å². The summed E-state index contributed by atoms with van der Waals surface area (Å²) >= 11 is 5.94. The topological polar surface area (TPSA) is 79.5 Å². The van der Waals surface area contributed by atoms with E-state index in [0.29, 0.717) is 17.2 Å². The quantitative estimate of drug-likeness (QED) is 0.598. The zero-order chi connectivity index (χ0) is 22.2. The van der Waals surface area contributed by atoms with Gasteiger partial charge in [0, 0.05) is 41.2 Å². The minimum atomic E-state index is -3.85. The molecule has 3 aromatic rings. The number of sulfonamides is 1. The van der Waals surface area contributed by atoms with Gasteiger partial charge in [0.25, 0.3) is 5.56 Å². The Hall–Kier alpha value is -2.19. The van der Waals surface area contributed by atoms with Crippen LogP contribution in [0.4, 0.5) is 0 Å². The summed E-state index contributed by atoms with van der Waals surface area (Å²) in [5.74, 6) is 0. The molecule has 164 valence electrons. The summed E-state index contributed by atoms with van der Waals surface area (Å²) in [6.45, 7) is 4.72. The number of halogens is 1. The number of rotatable bonds is 6. The SMILES string of the molecule is Cc1cc(C)c2cc(CN(CC3CCCO3)S(=O)(=O)c3ccc(Cl)cc3)c(=O)[nH]c2c1. The normalized spacial score (nSPS) is 17.0. The van der Waals surface area contributed by atoms with E-state index in [-0.39, 0.29) is 29.6 Å². The lowest BCUT2D eigenvalue weighted by Crippen LogP contribution is -2.38. The van der Waals surface area contributed by atoms with E-state index in [2.05, 4.69) is 4.98 Å². The monoisotopic (exact) mass is 460 g/mol. The van der Waals surface area contributed by atoms with Crippen LogP contribution in [0, 0.1) is 13.8 Å². The number of fused-ring (bicyclic) bond motifs is 1. The van der Waals surface area contributed by atoms with E-state index in [1.165, 1.54) is 16.4 Å². The molecule has 1 aliphatic heterocycles. The van der Waals surface area contributed by atoms with Crippen LogP contribution in [0.5, 0.6) is 0 Å². The van der Waals surface area contributed by atoms with Crippen LogP contribution in [0.15, 0.2) is 52.2 Å². The van der Waals surface area contributed by atoms with E-state index in [0.717, 1.165) is 34.9 Å². The van der Waals surface area contributed by atoms with Crippen LogP contribution in [0.1, 0.15) is 29.5 Å². The standard InChI is InChI=1S/C23H25ClN2O4S/c1-15-10-16(2)21-12-17(23(27)25-22(21)11-15)13-26(14-19-4-3-9-30-19)31(28,29)20-7-5-18(24)6-8-20/h5-8,10-12,19H,3-4,9,13-14H2,1-2H3,(H,25,27). The van der Waals surface area contributed by atoms with Crippen LogP contribution >= 0.6 is 11.6 Å². The maximum atomic E-state index is 13.4. The fourth-order valence-electron chi connectivity index (χ4n) is 4.04. The van der Waals surface area contributed by atoms with Crippen molar-refractivity contribution in [2.75, 3.05) is 13.2 Å². The first-order valence-corrected chi connectivity index (χ1v) is 12.1. The summed E-state index contributed by atoms with van der Waals surface area (Å²) in [5, 5.41) is 1.36. The van der Waals surface area contributed by atoms with Crippen molar-refractivity contribution in [1.29, 1.82) is 0 Å². The van der Waals surface area contributed by atoms with Crippen LogP contribution in [0.25, 0.3) is 10.9 Å². The average molecular weight is 461 g/mol. The van der Waals surface area contributed by atoms with Gasteiger partial charge in [-0.05, 0) is 74.2 Å². The third kappa shape index (κ3) is 4.70. The highest BCUT2D eigenvalue weighted by atomic mass is 35.5. The van der Waals surface area contributed by atoms with Crippen molar-refractivity contribution < 1.29 is 13.2 Å². The van der Waals surface area contributed by atoms with Gasteiger partial charge >= 0.3 is 0 Å². The molecule has 0 saturated carbocycles. The summed E-state index contributed by atoms with van der Waals surface area (Å²) in [7, 11) is -3.85. The van der Waals surface area contributed by atoms with Gasteiger partial charge in [0.2, 0.25) is 10.0 Å². The number of benzene rings is 2. The zero-order valence-electron chi connectivity index (χ0n) is 17.5. The Bertz CT molecular complexity index is 1260. The van der Waals surface area contributed by atoms with Crippen molar-refractivity contribution in [3.8, 4) is 0 Å². The van der Waals surface area contributed by atoms with Crippen molar-refractivity contribution in [2.24, 2.45) is 0 Å². The molecule has 8 heteroatoms. The largest absolute Gasteiger partial charge is 0.377 e. The number of hydrogen-bond donors (Lipinski definition) is 1. The Morgan fingerprint density at radius 3 is 2.58 bits per heavy atom. The fraction of sp³-hybridized carbons (Fsp3) is 0.348. The first-order valence-electron chi connectivity index (χ1n) is 10.2. The number of hydrogen-bond acceptors (Lipinski definition) is 4. The lowest BCUT2D eigenvalue weighted by Gasteiger charge is -2.25. The summed E-state index contributed by atoms with van der Waals surface area (Å²) in [6, 6.07) is 11.8. The molecule has 0 amide bonds. The second kappa shape index (κ2) is 8.74. The molecule has 0 bridgehead atoms. The average Bonchev–Trinajstić information content (AvgIpc) is 3.22. The summed E-state index contributed by atoms with van der Waals surface area (Å²) in [4.78, 5) is 15.9. The molecule has 1 fully saturated rings. The molecule has 31 heavy (non-hydrogen) atoms. The predicted molar refractivity (Wildman–Crippen MR) is 122 cm³/mol. The molecule has 2 heterocycles. The smallest absolute Gasteiger partial charge is 0.252 e. The number of aryl methyl sites for hydroxylation is 2. The minimum absolute atomic E-state index is 0.0383. The van der Waals surface area contributed by atoms with E-state index in [9.17, 15) is 13.2 Å². The molecule has 4 rings (SSSR count). The van der Waals surface area contributed by atoms with Crippen molar-refractivity contribution in [3.63, 3.8) is 0 Å². The molecule has 2 aromatic carbocycles. The van der Waals surface area contributed by atoms with Gasteiger partial charge in [0.05, 0.1) is 11.0 Å². The van der Waals surface area contributed by atoms with Crippen LogP contribution < -0.4 is 5.56 Å². The van der Waals surface area contributed by atoms with Crippen LogP contribution in [0.2, 0.25) is 5.02 Å². The number of nitrogens with zero attached hydrogens (tertiary/aromatic N) is 1. The fourth-order valence-corrected chi connectivity index (χ4v) is 5.62. The highest BCUT2D eigenvalue weighted by molar-refractivity contribution is 7.89. The van der Waals surface area contributed by atoms with E-state index in [1.54, 1.807) is 18.2 Å². The number of pyridine rings is 1. The minimum Gasteiger partial charge on any atom is -0.377 e. The molecule has 1 aromatic heterocycles. The van der Waals surface area contributed by atoms with Gasteiger partial charge in [-0.25, -0.2) is 8.42 Å². The van der Waals surface area contributed by atoms with Gasteiger partial charge in [0.15, 0.2) is 0 Å². The molecule has 0 radical (unpaired) electrons. The summed E-state index contributed by atoms with van der Waals surface area (Å²) in [5.41, 5.74) is 2.94. The summed E-state index contributed by atoms with van der Waals surface area (Å²) < 4.78 is 33.9. The van der Waals surface area contributed by atoms with Crippen LogP contribution in [-0.2, 0) is 21.3 Å². The Morgan fingerprint density at radius 1 is 1.16 bits per heavy atom. The first kappa shape index (κ1) is 22.0. The second-order valence-corrected chi connectivity index (χ2v) is 10.4. The lowest BCUT2D eigenvalue weighted by atomic mass is 10.0. The molecule has 1 N–H and O–H groups in total. The summed E-state index contributed by atoms with van der Waals surface area (Å²) in [6.07, 6.45) is 1.50. The van der Waals surface area contributed by atoms with Crippen molar-refractivity contribution in [1.82, 2.24) is 9.29 Å². The van der Waals surface area contributed by atoms with Crippen molar-refractivity contribution in [2.45, 2.75) is 44.2 Å². The second-order valence-electron chi connectivity index (χ2n) is 8.05. The predicted octanol–water partition coefficient (Wildman–Crippen LogP) is 4.17. The van der Waals surface area contributed by atoms with Gasteiger partial charge in [-0.2, -0.15) is 4.31 Å². The van der Waals surface area contributed by atoms with Crippen molar-refractivity contribution >= 4 is 32.5 Å². The number of ether oxygens (including phenoxy) is 1. The number of H-pyrrole nitrogens is 1. The van der Waals surface area contributed by atoms with Gasteiger partial charge in [0.1, 0.15) is 0 Å². The highest BCUT2D eigenvalue weighted by Crippen LogP contribution is 2.24. The molecule has 1 unspecified atom stereocenters. The molecule has 1 saturated heterocycles. The Morgan fingerprint density at radius 2 is 1.90 bits per heavy atom. The molecule has 0 aliphatic carbocycles. The third-order valence-corrected chi connectivity index (χ3v) is 7.70. The number of nitrogens with one attached hydrogen (secondary N) is 1. The maximum Gasteiger partial charge on any atom is 0.252 e. The molecule has 6 nitrogen and oxygen atoms in total. The Kier molecular flexibility index (Phi) is 6.21.